The molecule has 3 heterocycles. The van der Waals surface area contributed by atoms with Crippen molar-refractivity contribution in [1.29, 1.82) is 0 Å². The number of carbonyl (C=O) groups excluding carboxylic acids is 1. The van der Waals surface area contributed by atoms with Gasteiger partial charge in [0.2, 0.25) is 0 Å². The van der Waals surface area contributed by atoms with E-state index in [0.29, 0.717) is 25.1 Å². The number of thiazole rings is 1. The Balaban J connectivity index is 1.33. The number of halogens is 1. The predicted molar refractivity (Wildman–Crippen MR) is 152 cm³/mol. The molecule has 1 amide bonds. The van der Waals surface area contributed by atoms with Gasteiger partial charge in [0.05, 0.1) is 15.9 Å². The zero-order chi connectivity index (χ0) is 26.9. The summed E-state index contributed by atoms with van der Waals surface area (Å²) in [6.45, 7) is 2.39. The van der Waals surface area contributed by atoms with E-state index in [-0.39, 0.29) is 23.2 Å². The average molecular weight is 539 g/mol. The summed E-state index contributed by atoms with van der Waals surface area (Å²) in [7, 11) is 2.02. The first-order valence-electron chi connectivity index (χ1n) is 12.7. The quantitative estimate of drug-likeness (QED) is 0.352. The maximum atomic E-state index is 14.0. The van der Waals surface area contributed by atoms with Crippen LogP contribution < -0.4 is 10.3 Å². The molecule has 39 heavy (non-hydrogen) atoms. The lowest BCUT2D eigenvalue weighted by atomic mass is 9.73. The number of amides is 1. The highest BCUT2D eigenvalue weighted by molar-refractivity contribution is 7.16. The van der Waals surface area contributed by atoms with Crippen molar-refractivity contribution in [1.82, 2.24) is 19.7 Å². The van der Waals surface area contributed by atoms with Crippen molar-refractivity contribution in [2.75, 3.05) is 13.2 Å². The number of carbonyl (C=O) groups is 1. The number of benzene rings is 2. The number of fused-ring (bicyclic) bond motifs is 1. The summed E-state index contributed by atoms with van der Waals surface area (Å²) in [5, 5.41) is 4.88. The van der Waals surface area contributed by atoms with E-state index in [9.17, 15) is 14.0 Å². The molecule has 0 bridgehead atoms. The minimum atomic E-state index is -0.632. The first-order chi connectivity index (χ1) is 19.0. The molecule has 2 aromatic heterocycles. The SMILES string of the molecule is C[B]c1ccc(-n2cc(C3OCC(=O)N3CCc3ccc4[nH]c(=O)sc4c3)c(C3=CCC=C(F)C=C3)n2)cc1. The highest BCUT2D eigenvalue weighted by Gasteiger charge is 2.36. The van der Waals surface area contributed by atoms with Gasteiger partial charge in [-0.3, -0.25) is 9.59 Å². The lowest BCUT2D eigenvalue weighted by Crippen LogP contribution is -2.31. The number of aromatic nitrogens is 3. The molecule has 1 atom stereocenters. The Labute approximate surface area is 229 Å². The Morgan fingerprint density at radius 3 is 2.82 bits per heavy atom. The van der Waals surface area contributed by atoms with Gasteiger partial charge in [-0.1, -0.05) is 54.0 Å². The van der Waals surface area contributed by atoms with E-state index in [1.807, 2.05) is 68.8 Å². The van der Waals surface area contributed by atoms with Crippen LogP contribution >= 0.6 is 11.3 Å². The average Bonchev–Trinajstić information content (AvgIpc) is 3.60. The van der Waals surface area contributed by atoms with Crippen molar-refractivity contribution in [2.24, 2.45) is 0 Å². The Bertz CT molecular complexity index is 1700. The topological polar surface area (TPSA) is 80.2 Å². The van der Waals surface area contributed by atoms with Gasteiger partial charge in [-0.15, -0.1) is 0 Å². The van der Waals surface area contributed by atoms with Crippen molar-refractivity contribution in [2.45, 2.75) is 25.9 Å². The van der Waals surface area contributed by atoms with Crippen molar-refractivity contribution < 1.29 is 13.9 Å². The zero-order valence-corrected chi connectivity index (χ0v) is 22.1. The third-order valence-electron chi connectivity index (χ3n) is 6.94. The number of nitrogens with one attached hydrogen (secondary N) is 1. The van der Waals surface area contributed by atoms with Crippen molar-refractivity contribution in [3.8, 4) is 5.69 Å². The Morgan fingerprint density at radius 1 is 1.15 bits per heavy atom. The van der Waals surface area contributed by atoms with Crippen LogP contribution in [0.3, 0.4) is 0 Å². The highest BCUT2D eigenvalue weighted by atomic mass is 32.1. The molecule has 10 heteroatoms. The highest BCUT2D eigenvalue weighted by Crippen LogP contribution is 2.35. The second-order valence-corrected chi connectivity index (χ2v) is 10.4. The van der Waals surface area contributed by atoms with Crippen molar-refractivity contribution >= 4 is 45.8 Å². The maximum absolute atomic E-state index is 14.0. The van der Waals surface area contributed by atoms with Crippen LogP contribution in [-0.2, 0) is 16.0 Å². The molecular formula is C29H25BFN4O3S. The predicted octanol–water partition coefficient (Wildman–Crippen LogP) is 4.45. The monoisotopic (exact) mass is 539 g/mol. The third kappa shape index (κ3) is 5.17. The summed E-state index contributed by atoms with van der Waals surface area (Å²) in [5.41, 5.74) is 5.95. The van der Waals surface area contributed by atoms with Crippen LogP contribution in [0.2, 0.25) is 6.82 Å². The Morgan fingerprint density at radius 2 is 2.00 bits per heavy atom. The number of rotatable bonds is 7. The lowest BCUT2D eigenvalue weighted by molar-refractivity contribution is -0.128. The van der Waals surface area contributed by atoms with Crippen molar-refractivity contribution in [3.63, 3.8) is 0 Å². The molecule has 2 aliphatic rings. The summed E-state index contributed by atoms with van der Waals surface area (Å²) in [4.78, 5) is 29.1. The van der Waals surface area contributed by atoms with Gasteiger partial charge in [-0.25, -0.2) is 9.07 Å². The van der Waals surface area contributed by atoms with Gasteiger partial charge in [-0.05, 0) is 60.4 Å². The molecule has 1 fully saturated rings. The normalized spacial score (nSPS) is 17.4. The number of H-pyrrole nitrogens is 1. The molecule has 4 aromatic rings. The summed E-state index contributed by atoms with van der Waals surface area (Å²) >= 11 is 1.17. The second-order valence-electron chi connectivity index (χ2n) is 9.42. The van der Waals surface area contributed by atoms with Gasteiger partial charge >= 0.3 is 4.87 Å². The van der Waals surface area contributed by atoms with Gasteiger partial charge in [0.15, 0.2) is 6.23 Å². The lowest BCUT2D eigenvalue weighted by Gasteiger charge is -2.23. The Hall–Kier alpha value is -4.02. The van der Waals surface area contributed by atoms with Gasteiger partial charge in [0, 0.05) is 18.3 Å². The molecule has 1 saturated heterocycles. The molecule has 0 spiro atoms. The first-order valence-corrected chi connectivity index (χ1v) is 13.6. The molecule has 6 rings (SSSR count). The van der Waals surface area contributed by atoms with E-state index in [0.717, 1.165) is 38.1 Å². The van der Waals surface area contributed by atoms with Crippen LogP contribution in [0.4, 0.5) is 4.39 Å². The van der Waals surface area contributed by atoms with E-state index in [4.69, 9.17) is 9.84 Å². The molecule has 1 radical (unpaired) electrons. The summed E-state index contributed by atoms with van der Waals surface area (Å²) in [6.07, 6.45) is 8.87. The van der Waals surface area contributed by atoms with Crippen LogP contribution in [0.15, 0.2) is 83.6 Å². The number of nitrogens with zero attached hydrogens (tertiary/aromatic N) is 3. The molecule has 7 nitrogen and oxygen atoms in total. The van der Waals surface area contributed by atoms with Crippen LogP contribution in [0, 0.1) is 0 Å². The van der Waals surface area contributed by atoms with Gasteiger partial charge < -0.3 is 14.6 Å². The molecule has 2 aromatic carbocycles. The number of allylic oxidation sites excluding steroid dienone is 6. The molecule has 1 aliphatic carbocycles. The van der Waals surface area contributed by atoms with Gasteiger partial charge in [0.1, 0.15) is 25.4 Å². The van der Waals surface area contributed by atoms with Crippen LogP contribution in [0.25, 0.3) is 21.5 Å². The number of ether oxygens (including phenoxy) is 1. The van der Waals surface area contributed by atoms with E-state index in [1.54, 1.807) is 15.7 Å². The van der Waals surface area contributed by atoms with Crippen LogP contribution in [-0.4, -0.2) is 46.0 Å². The number of aromatic amines is 1. The van der Waals surface area contributed by atoms with Crippen LogP contribution in [0.1, 0.15) is 29.5 Å². The molecule has 1 unspecified atom stereocenters. The largest absolute Gasteiger partial charge is 0.344 e. The third-order valence-corrected chi connectivity index (χ3v) is 7.79. The van der Waals surface area contributed by atoms with E-state index < -0.39 is 6.23 Å². The van der Waals surface area contributed by atoms with Crippen LogP contribution in [0.5, 0.6) is 0 Å². The fourth-order valence-corrected chi connectivity index (χ4v) is 5.67. The molecular weight excluding hydrogens is 514 g/mol. The van der Waals surface area contributed by atoms with Gasteiger partial charge in [-0.2, -0.15) is 5.10 Å². The van der Waals surface area contributed by atoms with Gasteiger partial charge in [0.25, 0.3) is 5.91 Å². The van der Waals surface area contributed by atoms with E-state index >= 15 is 0 Å². The van der Waals surface area contributed by atoms with E-state index in [1.165, 1.54) is 23.5 Å². The van der Waals surface area contributed by atoms with E-state index in [2.05, 4.69) is 4.98 Å². The number of hydrogen-bond acceptors (Lipinski definition) is 5. The standard InChI is InChI=1S/C29H25BFN4O3S/c1-30-20-7-10-22(11-8-20)35-16-23(27(33-35)19-3-2-4-21(31)9-6-19)28-34(26(36)17-38-28)14-13-18-5-12-24-25(15-18)39-29(37)32-24/h3-12,15-16,28H,2,13-14,17H2,1H3,(H,32,37). The zero-order valence-electron chi connectivity index (χ0n) is 21.3. The summed E-state index contributed by atoms with van der Waals surface area (Å²) in [5.74, 6) is -0.404. The maximum Gasteiger partial charge on any atom is 0.305 e. The molecule has 0 saturated carbocycles. The fraction of sp³-hybridized carbons (Fsp3) is 0.207. The molecule has 1 aliphatic heterocycles. The van der Waals surface area contributed by atoms with Crippen molar-refractivity contribution in [3.05, 3.63) is 105 Å². The first kappa shape index (κ1) is 25.3. The Kier molecular flexibility index (Phi) is 6.89. The minimum absolute atomic E-state index is 0.0279. The molecule has 1 N–H and O–H groups in total. The number of hydrogen-bond donors (Lipinski definition) is 1. The smallest absolute Gasteiger partial charge is 0.305 e. The summed E-state index contributed by atoms with van der Waals surface area (Å²) in [6, 6.07) is 13.8. The molecule has 195 valence electrons. The second kappa shape index (κ2) is 10.6. The minimum Gasteiger partial charge on any atom is -0.344 e. The summed E-state index contributed by atoms with van der Waals surface area (Å²) < 4.78 is 22.7. The fourth-order valence-electron chi connectivity index (χ4n) is 4.87.